The van der Waals surface area contributed by atoms with Gasteiger partial charge < -0.3 is 9.84 Å². The molecule has 0 aliphatic carbocycles. The number of halogens is 3. The molecule has 5 heteroatoms. The standard InChI is InChI=1S/C14H11Br2ClO2/c1-8(18)9-2-5-13(11(16)6-9)19-14-7-10(15)3-4-12(14)17/h2-8,18H,1H3/t8-/m1/s1. The number of hydrogen-bond donors (Lipinski definition) is 1. The zero-order valence-corrected chi connectivity index (χ0v) is 14.0. The second-order valence-corrected chi connectivity index (χ2v) is 6.22. The van der Waals surface area contributed by atoms with Gasteiger partial charge in [0.15, 0.2) is 0 Å². The molecule has 0 radical (unpaired) electrons. The maximum atomic E-state index is 9.52. The zero-order chi connectivity index (χ0) is 14.0. The summed E-state index contributed by atoms with van der Waals surface area (Å²) in [5.41, 5.74) is 0.819. The molecule has 0 amide bonds. The second-order valence-electron chi connectivity index (χ2n) is 4.04. The molecule has 0 aliphatic heterocycles. The Kier molecular flexibility index (Phi) is 4.90. The Bertz CT molecular complexity index is 600. The Morgan fingerprint density at radius 1 is 1.11 bits per heavy atom. The first-order valence-electron chi connectivity index (χ1n) is 5.58. The first-order valence-corrected chi connectivity index (χ1v) is 7.54. The van der Waals surface area contributed by atoms with E-state index in [0.717, 1.165) is 14.5 Å². The van der Waals surface area contributed by atoms with E-state index in [-0.39, 0.29) is 0 Å². The van der Waals surface area contributed by atoms with E-state index in [1.807, 2.05) is 18.2 Å². The van der Waals surface area contributed by atoms with Gasteiger partial charge in [-0.1, -0.05) is 33.6 Å². The number of aliphatic hydroxyl groups excluding tert-OH is 1. The minimum atomic E-state index is -0.514. The van der Waals surface area contributed by atoms with E-state index in [1.54, 1.807) is 25.1 Å². The topological polar surface area (TPSA) is 29.5 Å². The lowest BCUT2D eigenvalue weighted by Gasteiger charge is -2.12. The van der Waals surface area contributed by atoms with E-state index in [0.29, 0.717) is 16.5 Å². The highest BCUT2D eigenvalue weighted by molar-refractivity contribution is 9.10. The largest absolute Gasteiger partial charge is 0.455 e. The smallest absolute Gasteiger partial charge is 0.147 e. The highest BCUT2D eigenvalue weighted by Gasteiger charge is 2.09. The minimum absolute atomic E-state index is 0.514. The molecule has 2 nitrogen and oxygen atoms in total. The van der Waals surface area contributed by atoms with Crippen LogP contribution in [0.4, 0.5) is 0 Å². The van der Waals surface area contributed by atoms with Crippen molar-refractivity contribution in [1.29, 1.82) is 0 Å². The van der Waals surface area contributed by atoms with Crippen molar-refractivity contribution in [3.8, 4) is 11.5 Å². The van der Waals surface area contributed by atoms with Gasteiger partial charge in [-0.3, -0.25) is 0 Å². The van der Waals surface area contributed by atoms with E-state index in [4.69, 9.17) is 16.3 Å². The van der Waals surface area contributed by atoms with Gasteiger partial charge in [-0.15, -0.1) is 0 Å². The average Bonchev–Trinajstić information content (AvgIpc) is 2.36. The molecule has 0 spiro atoms. The third-order valence-corrected chi connectivity index (χ3v) is 3.98. The number of rotatable bonds is 3. The monoisotopic (exact) mass is 404 g/mol. The summed E-state index contributed by atoms with van der Waals surface area (Å²) in [6.07, 6.45) is -0.514. The van der Waals surface area contributed by atoms with Crippen LogP contribution < -0.4 is 4.74 Å². The molecule has 0 saturated carbocycles. The SMILES string of the molecule is C[C@@H](O)c1ccc(Oc2cc(Br)ccc2Cl)c(Br)c1. The number of benzene rings is 2. The van der Waals surface area contributed by atoms with Crippen LogP contribution in [0.3, 0.4) is 0 Å². The maximum absolute atomic E-state index is 9.52. The molecule has 19 heavy (non-hydrogen) atoms. The summed E-state index contributed by atoms with van der Waals surface area (Å²) in [7, 11) is 0. The van der Waals surface area contributed by atoms with E-state index >= 15 is 0 Å². The van der Waals surface area contributed by atoms with Crippen molar-refractivity contribution in [2.75, 3.05) is 0 Å². The molecule has 0 bridgehead atoms. The summed E-state index contributed by atoms with van der Waals surface area (Å²) in [5.74, 6) is 1.21. The predicted molar refractivity (Wildman–Crippen MR) is 84.0 cm³/mol. The number of aliphatic hydroxyl groups is 1. The summed E-state index contributed by atoms with van der Waals surface area (Å²) in [5, 5.41) is 10.1. The fourth-order valence-electron chi connectivity index (χ4n) is 1.53. The molecule has 2 rings (SSSR count). The fourth-order valence-corrected chi connectivity index (χ4v) is 2.51. The third kappa shape index (κ3) is 3.72. The van der Waals surface area contributed by atoms with Gasteiger partial charge in [-0.25, -0.2) is 0 Å². The van der Waals surface area contributed by atoms with Crippen LogP contribution in [0.2, 0.25) is 5.02 Å². The molecular formula is C14H11Br2ClO2. The Labute approximate surface area is 133 Å². The van der Waals surface area contributed by atoms with Gasteiger partial charge in [-0.05, 0) is 58.7 Å². The third-order valence-electron chi connectivity index (χ3n) is 2.55. The van der Waals surface area contributed by atoms with Crippen LogP contribution in [-0.4, -0.2) is 5.11 Å². The molecule has 0 aliphatic rings. The van der Waals surface area contributed by atoms with Crippen LogP contribution in [0.15, 0.2) is 45.3 Å². The van der Waals surface area contributed by atoms with E-state index in [2.05, 4.69) is 31.9 Å². The van der Waals surface area contributed by atoms with Gasteiger partial charge in [0.2, 0.25) is 0 Å². The Morgan fingerprint density at radius 2 is 1.84 bits per heavy atom. The molecule has 0 aromatic heterocycles. The van der Waals surface area contributed by atoms with E-state index < -0.39 is 6.10 Å². The van der Waals surface area contributed by atoms with Crippen LogP contribution >= 0.6 is 43.5 Å². The Hall–Kier alpha value is -0.550. The maximum Gasteiger partial charge on any atom is 0.147 e. The van der Waals surface area contributed by atoms with Crippen molar-refractivity contribution in [2.24, 2.45) is 0 Å². The predicted octanol–water partition coefficient (Wildman–Crippen LogP) is 5.71. The lowest BCUT2D eigenvalue weighted by atomic mass is 10.1. The van der Waals surface area contributed by atoms with Gasteiger partial charge in [0.05, 0.1) is 15.6 Å². The molecule has 2 aromatic rings. The minimum Gasteiger partial charge on any atom is -0.455 e. The normalized spacial score (nSPS) is 12.3. The molecule has 1 N–H and O–H groups in total. The van der Waals surface area contributed by atoms with Gasteiger partial charge in [0.25, 0.3) is 0 Å². The summed E-state index contributed by atoms with van der Waals surface area (Å²) in [4.78, 5) is 0. The molecule has 0 heterocycles. The highest BCUT2D eigenvalue weighted by Crippen LogP contribution is 2.36. The lowest BCUT2D eigenvalue weighted by Crippen LogP contribution is -1.92. The zero-order valence-electron chi connectivity index (χ0n) is 10.0. The van der Waals surface area contributed by atoms with Crippen LogP contribution in [-0.2, 0) is 0 Å². The molecule has 1 atom stereocenters. The van der Waals surface area contributed by atoms with Gasteiger partial charge in [-0.2, -0.15) is 0 Å². The van der Waals surface area contributed by atoms with Gasteiger partial charge in [0, 0.05) is 4.47 Å². The van der Waals surface area contributed by atoms with Gasteiger partial charge in [0.1, 0.15) is 11.5 Å². The van der Waals surface area contributed by atoms with E-state index in [1.165, 1.54) is 0 Å². The first kappa shape index (κ1) is 14.9. The van der Waals surface area contributed by atoms with Crippen molar-refractivity contribution < 1.29 is 9.84 Å². The molecular weight excluding hydrogens is 395 g/mol. The number of hydrogen-bond acceptors (Lipinski definition) is 2. The molecule has 0 unspecified atom stereocenters. The molecule has 0 saturated heterocycles. The average molecular weight is 407 g/mol. The second kappa shape index (κ2) is 6.27. The van der Waals surface area contributed by atoms with E-state index in [9.17, 15) is 5.11 Å². The van der Waals surface area contributed by atoms with Crippen LogP contribution in [0, 0.1) is 0 Å². The quantitative estimate of drug-likeness (QED) is 0.707. The number of ether oxygens (including phenoxy) is 1. The summed E-state index contributed by atoms with van der Waals surface area (Å²) >= 11 is 12.9. The summed E-state index contributed by atoms with van der Waals surface area (Å²) in [6, 6.07) is 10.9. The highest BCUT2D eigenvalue weighted by atomic mass is 79.9. The van der Waals surface area contributed by atoms with Crippen molar-refractivity contribution in [2.45, 2.75) is 13.0 Å². The van der Waals surface area contributed by atoms with Crippen molar-refractivity contribution >= 4 is 43.5 Å². The Balaban J connectivity index is 2.31. The van der Waals surface area contributed by atoms with Crippen LogP contribution in [0.1, 0.15) is 18.6 Å². The van der Waals surface area contributed by atoms with Crippen molar-refractivity contribution in [1.82, 2.24) is 0 Å². The van der Waals surface area contributed by atoms with Crippen molar-refractivity contribution in [3.05, 3.63) is 55.9 Å². The molecule has 2 aromatic carbocycles. The molecule has 100 valence electrons. The fraction of sp³-hybridized carbons (Fsp3) is 0.143. The van der Waals surface area contributed by atoms with Gasteiger partial charge >= 0.3 is 0 Å². The summed E-state index contributed by atoms with van der Waals surface area (Å²) in [6.45, 7) is 1.72. The Morgan fingerprint density at radius 3 is 2.47 bits per heavy atom. The lowest BCUT2D eigenvalue weighted by molar-refractivity contribution is 0.199. The first-order chi connectivity index (χ1) is 8.97. The van der Waals surface area contributed by atoms with Crippen LogP contribution in [0.25, 0.3) is 0 Å². The van der Waals surface area contributed by atoms with Crippen molar-refractivity contribution in [3.63, 3.8) is 0 Å². The van der Waals surface area contributed by atoms with Crippen LogP contribution in [0.5, 0.6) is 11.5 Å². The summed E-state index contributed by atoms with van der Waals surface area (Å²) < 4.78 is 7.42. The molecule has 0 fully saturated rings.